The number of carboxylic acids is 2. The van der Waals surface area contributed by atoms with E-state index in [9.17, 15) is 36.6 Å². The second-order valence-electron chi connectivity index (χ2n) is 2.61. The van der Waals surface area contributed by atoms with Crippen LogP contribution >= 0.6 is 0 Å². The van der Waals surface area contributed by atoms with Crippen LogP contribution in [0.25, 0.3) is 0 Å². The molecule has 16 heavy (non-hydrogen) atoms. The quantitative estimate of drug-likeness (QED) is 0.460. The summed E-state index contributed by atoms with van der Waals surface area (Å²) in [4.78, 5) is 20.6. The van der Waals surface area contributed by atoms with E-state index in [0.717, 1.165) is 0 Å². The van der Waals surface area contributed by atoms with Crippen molar-refractivity contribution in [2.45, 2.75) is 10.5 Å². The van der Waals surface area contributed by atoms with Gasteiger partial charge in [0.15, 0.2) is 0 Å². The number of carbonyl (C=O) groups is 2. The fourth-order valence-electron chi connectivity index (χ4n) is 0.822. The summed E-state index contributed by atoms with van der Waals surface area (Å²) in [5.41, 5.74) is 0. The van der Waals surface area contributed by atoms with Crippen LogP contribution in [-0.2, 0) is 29.7 Å². The first-order valence-corrected chi connectivity index (χ1v) is 6.25. The highest BCUT2D eigenvalue weighted by Gasteiger charge is 2.55. The lowest BCUT2D eigenvalue weighted by atomic mass is 10.3. The molecule has 0 aliphatic carbocycles. The molecule has 0 spiro atoms. The van der Waals surface area contributed by atoms with Crippen molar-refractivity contribution in [2.24, 2.45) is 5.14 Å². The van der Waals surface area contributed by atoms with Gasteiger partial charge in [0, 0.05) is 12.4 Å². The summed E-state index contributed by atoms with van der Waals surface area (Å²) in [5.74, 6) is -5.25. The topological polar surface area (TPSA) is 195 Å². The van der Waals surface area contributed by atoms with Gasteiger partial charge in [0.1, 0.15) is 0 Å². The third-order valence-electron chi connectivity index (χ3n) is 1.56. The molecule has 1 unspecified atom stereocenters. The number of hydrogen-bond donors (Lipinski definition) is 2. The van der Waals surface area contributed by atoms with Gasteiger partial charge in [-0.2, -0.15) is 8.42 Å². The summed E-state index contributed by atoms with van der Waals surface area (Å²) in [6, 6.07) is 0. The Kier molecular flexibility index (Phi) is 3.66. The Morgan fingerprint density at radius 3 is 1.62 bits per heavy atom. The minimum atomic E-state index is -5.87. The second-order valence-corrected chi connectivity index (χ2v) is 6.30. The fourth-order valence-corrected chi connectivity index (χ4v) is 3.06. The molecule has 0 saturated heterocycles. The van der Waals surface area contributed by atoms with Gasteiger partial charge in [0.2, 0.25) is 10.0 Å². The smallest absolute Gasteiger partial charge is 0.292 e. The van der Waals surface area contributed by atoms with E-state index in [-0.39, 0.29) is 0 Å². The van der Waals surface area contributed by atoms with Crippen molar-refractivity contribution in [3.8, 4) is 0 Å². The molecular formula is C4H5NO9S2-2. The summed E-state index contributed by atoms with van der Waals surface area (Å²) in [5, 5.41) is 24.8. The van der Waals surface area contributed by atoms with Gasteiger partial charge < -0.3 is 19.8 Å². The molecule has 0 aliphatic rings. The predicted octanol–water partition coefficient (Wildman–Crippen LogP) is -5.25. The zero-order chi connectivity index (χ0) is 13.4. The predicted molar refractivity (Wildman–Crippen MR) is 42.0 cm³/mol. The molecule has 0 rings (SSSR count). The Morgan fingerprint density at radius 1 is 1.19 bits per heavy atom. The lowest BCUT2D eigenvalue weighted by molar-refractivity contribution is -0.316. The molecule has 10 nitrogen and oxygen atoms in total. The van der Waals surface area contributed by atoms with Crippen LogP contribution in [0.3, 0.4) is 0 Å². The van der Waals surface area contributed by atoms with Crippen LogP contribution in [0, 0.1) is 0 Å². The van der Waals surface area contributed by atoms with Gasteiger partial charge >= 0.3 is 0 Å². The molecule has 3 N–H and O–H groups in total. The lowest BCUT2D eigenvalue weighted by Gasteiger charge is -2.29. The van der Waals surface area contributed by atoms with E-state index in [1.54, 1.807) is 0 Å². The van der Waals surface area contributed by atoms with Crippen LogP contribution in [0.2, 0.25) is 0 Å². The van der Waals surface area contributed by atoms with Gasteiger partial charge in [-0.05, 0) is 0 Å². The second kappa shape index (κ2) is 3.97. The average Bonchev–Trinajstić information content (AvgIpc) is 1.93. The molecule has 0 saturated carbocycles. The van der Waals surface area contributed by atoms with Crippen LogP contribution < -0.4 is 15.4 Å². The van der Waals surface area contributed by atoms with Gasteiger partial charge in [-0.1, -0.05) is 0 Å². The number of carboxylic acid groups (broad SMARTS) is 2. The maximum atomic E-state index is 10.8. The minimum Gasteiger partial charge on any atom is -0.550 e. The highest BCUT2D eigenvalue weighted by Crippen LogP contribution is 2.25. The van der Waals surface area contributed by atoms with Crippen molar-refractivity contribution in [1.82, 2.24) is 0 Å². The molecule has 0 aromatic heterocycles. The Balaban J connectivity index is 6.27. The third-order valence-corrected chi connectivity index (χ3v) is 5.27. The monoisotopic (exact) mass is 275 g/mol. The summed E-state index contributed by atoms with van der Waals surface area (Å²) in [6.45, 7) is 0. The number of sulfonamides is 1. The molecule has 0 bridgehead atoms. The van der Waals surface area contributed by atoms with Crippen LogP contribution in [0.4, 0.5) is 0 Å². The Labute approximate surface area is 89.5 Å². The number of primary sulfonamides is 1. The molecule has 0 radical (unpaired) electrons. The first-order chi connectivity index (χ1) is 6.86. The van der Waals surface area contributed by atoms with Gasteiger partial charge in [-0.25, -0.2) is 13.6 Å². The number of carbonyl (C=O) groups excluding carboxylic acids is 2. The van der Waals surface area contributed by atoms with Crippen molar-refractivity contribution in [2.75, 3.05) is 0 Å². The highest BCUT2D eigenvalue weighted by molar-refractivity contribution is 8.08. The SMILES string of the molecule is NS(=O)(=O)C(CC(=O)[O-])(C(=O)[O-])S(=O)(=O)O. The Hall–Kier alpha value is -1.24. The lowest BCUT2D eigenvalue weighted by Crippen LogP contribution is -2.63. The standard InChI is InChI=1S/C4H7NO9S2/c5-15(10,11)4(3(8)9,1-2(6)7)16(12,13)14/h1H2,(H,6,7)(H,8,9)(H2,5,10,11)(H,12,13,14)/p-2. The molecule has 0 aromatic rings. The average molecular weight is 275 g/mol. The van der Waals surface area contributed by atoms with Crippen molar-refractivity contribution < 1.29 is 41.2 Å². The van der Waals surface area contributed by atoms with E-state index in [1.807, 2.05) is 0 Å². The molecule has 0 amide bonds. The minimum absolute atomic E-state index is 2.09. The highest BCUT2D eigenvalue weighted by atomic mass is 32.3. The van der Waals surface area contributed by atoms with Crippen molar-refractivity contribution in [1.29, 1.82) is 0 Å². The number of rotatable bonds is 5. The van der Waals surface area contributed by atoms with Gasteiger partial charge in [-0.15, -0.1) is 0 Å². The number of aliphatic carboxylic acids is 2. The molecule has 1 atom stereocenters. The number of hydrogen-bond acceptors (Lipinski definition) is 8. The molecule has 0 fully saturated rings. The Bertz CT molecular complexity index is 482. The largest absolute Gasteiger partial charge is 0.550 e. The van der Waals surface area contributed by atoms with E-state index >= 15 is 0 Å². The summed E-state index contributed by atoms with van der Waals surface area (Å²) >= 11 is 0. The van der Waals surface area contributed by atoms with Crippen LogP contribution in [0.15, 0.2) is 0 Å². The molecule has 94 valence electrons. The van der Waals surface area contributed by atoms with Crippen LogP contribution in [-0.4, -0.2) is 37.4 Å². The van der Waals surface area contributed by atoms with Gasteiger partial charge in [-0.3, -0.25) is 4.55 Å². The maximum Gasteiger partial charge on any atom is 0.292 e. The molecule has 0 heterocycles. The maximum absolute atomic E-state index is 10.8. The van der Waals surface area contributed by atoms with E-state index in [0.29, 0.717) is 0 Å². The van der Waals surface area contributed by atoms with Crippen LogP contribution in [0.5, 0.6) is 0 Å². The van der Waals surface area contributed by atoms with E-state index < -0.39 is 42.6 Å². The zero-order valence-corrected chi connectivity index (χ0v) is 8.95. The van der Waals surface area contributed by atoms with E-state index in [4.69, 9.17) is 4.55 Å². The molecule has 0 aromatic carbocycles. The summed E-state index contributed by atoms with van der Waals surface area (Å²) < 4.78 is 47.2. The molecule has 12 heteroatoms. The third kappa shape index (κ3) is 2.29. The van der Waals surface area contributed by atoms with Gasteiger partial charge in [0.25, 0.3) is 14.2 Å². The summed E-state index contributed by atoms with van der Waals surface area (Å²) in [6.07, 6.45) is -2.09. The normalized spacial score (nSPS) is 16.4. The van der Waals surface area contributed by atoms with E-state index in [1.165, 1.54) is 0 Å². The van der Waals surface area contributed by atoms with Crippen molar-refractivity contribution in [3.63, 3.8) is 0 Å². The first-order valence-electron chi connectivity index (χ1n) is 3.27. The van der Waals surface area contributed by atoms with Gasteiger partial charge in [0.05, 0.1) is 5.97 Å². The van der Waals surface area contributed by atoms with E-state index in [2.05, 4.69) is 5.14 Å². The van der Waals surface area contributed by atoms with Crippen molar-refractivity contribution >= 4 is 32.1 Å². The zero-order valence-electron chi connectivity index (χ0n) is 7.31. The molecule has 0 aliphatic heterocycles. The summed E-state index contributed by atoms with van der Waals surface area (Å²) in [7, 11) is -11.4. The van der Waals surface area contributed by atoms with Crippen molar-refractivity contribution in [3.05, 3.63) is 0 Å². The van der Waals surface area contributed by atoms with Crippen LogP contribution in [0.1, 0.15) is 6.42 Å². The number of nitrogens with two attached hydrogens (primary N) is 1. The Morgan fingerprint density at radius 2 is 1.56 bits per heavy atom. The first kappa shape index (κ1) is 14.8. The molecular weight excluding hydrogens is 270 g/mol. The fraction of sp³-hybridized carbons (Fsp3) is 0.500.